The third-order valence-electron chi connectivity index (χ3n) is 3.88. The van der Waals surface area contributed by atoms with Gasteiger partial charge in [-0.3, -0.25) is 0 Å². The molecular formula is C14H18FN. The summed E-state index contributed by atoms with van der Waals surface area (Å²) in [5.41, 5.74) is 2.84. The molecule has 2 heteroatoms. The third kappa shape index (κ3) is 1.99. The average molecular weight is 219 g/mol. The molecule has 0 radical (unpaired) electrons. The fourth-order valence-electron chi connectivity index (χ4n) is 2.30. The highest BCUT2D eigenvalue weighted by molar-refractivity contribution is 5.38. The van der Waals surface area contributed by atoms with Crippen molar-refractivity contribution in [3.05, 3.63) is 35.1 Å². The molecular weight excluding hydrogens is 201 g/mol. The predicted molar refractivity (Wildman–Crippen MR) is 62.8 cm³/mol. The van der Waals surface area contributed by atoms with Gasteiger partial charge in [0.25, 0.3) is 0 Å². The van der Waals surface area contributed by atoms with Gasteiger partial charge in [0, 0.05) is 12.6 Å². The Morgan fingerprint density at radius 1 is 1.38 bits per heavy atom. The highest BCUT2D eigenvalue weighted by Gasteiger charge is 2.40. The first-order chi connectivity index (χ1) is 7.67. The van der Waals surface area contributed by atoms with Gasteiger partial charge in [0.2, 0.25) is 0 Å². The Morgan fingerprint density at radius 2 is 2.12 bits per heavy atom. The van der Waals surface area contributed by atoms with Crippen LogP contribution in [0.15, 0.2) is 18.2 Å². The van der Waals surface area contributed by atoms with Crippen molar-refractivity contribution in [1.29, 1.82) is 0 Å². The summed E-state index contributed by atoms with van der Waals surface area (Å²) in [6.45, 7) is 3.11. The van der Waals surface area contributed by atoms with E-state index >= 15 is 0 Å². The van der Waals surface area contributed by atoms with Crippen molar-refractivity contribution in [1.82, 2.24) is 5.32 Å². The van der Waals surface area contributed by atoms with Gasteiger partial charge in [-0.1, -0.05) is 13.0 Å². The molecule has 0 amide bonds. The van der Waals surface area contributed by atoms with Crippen LogP contribution >= 0.6 is 0 Å². The van der Waals surface area contributed by atoms with Gasteiger partial charge in [-0.25, -0.2) is 4.39 Å². The molecule has 86 valence electrons. The van der Waals surface area contributed by atoms with Gasteiger partial charge in [0.1, 0.15) is 5.82 Å². The number of halogens is 1. The van der Waals surface area contributed by atoms with Gasteiger partial charge in [0.15, 0.2) is 0 Å². The van der Waals surface area contributed by atoms with Crippen molar-refractivity contribution in [3.8, 4) is 0 Å². The SMILES string of the molecule is CC1(c2ccc(F)cc2CNC2CC2)CC1. The van der Waals surface area contributed by atoms with Crippen LogP contribution in [0.5, 0.6) is 0 Å². The van der Waals surface area contributed by atoms with Crippen LogP contribution in [-0.4, -0.2) is 6.04 Å². The van der Waals surface area contributed by atoms with Crippen LogP contribution in [0.4, 0.5) is 4.39 Å². The fraction of sp³-hybridized carbons (Fsp3) is 0.571. The van der Waals surface area contributed by atoms with E-state index in [4.69, 9.17) is 0 Å². The Kier molecular flexibility index (Phi) is 2.28. The van der Waals surface area contributed by atoms with Crippen LogP contribution in [0.25, 0.3) is 0 Å². The first-order valence-electron chi connectivity index (χ1n) is 6.20. The lowest BCUT2D eigenvalue weighted by molar-refractivity contribution is 0.612. The Morgan fingerprint density at radius 3 is 2.75 bits per heavy atom. The zero-order valence-corrected chi connectivity index (χ0v) is 9.72. The fourth-order valence-corrected chi connectivity index (χ4v) is 2.30. The van der Waals surface area contributed by atoms with E-state index in [9.17, 15) is 4.39 Å². The molecule has 0 aliphatic heterocycles. The van der Waals surface area contributed by atoms with E-state index in [1.807, 2.05) is 6.07 Å². The number of benzene rings is 1. The van der Waals surface area contributed by atoms with Crippen molar-refractivity contribution in [3.63, 3.8) is 0 Å². The number of hydrogen-bond donors (Lipinski definition) is 1. The maximum atomic E-state index is 13.3. The highest BCUT2D eigenvalue weighted by Crippen LogP contribution is 2.48. The van der Waals surface area contributed by atoms with E-state index in [1.165, 1.54) is 31.2 Å². The summed E-state index contributed by atoms with van der Waals surface area (Å²) < 4.78 is 13.3. The summed E-state index contributed by atoms with van der Waals surface area (Å²) in [5.74, 6) is -0.111. The summed E-state index contributed by atoms with van der Waals surface area (Å²) in [4.78, 5) is 0. The molecule has 1 aromatic rings. The smallest absolute Gasteiger partial charge is 0.123 e. The number of rotatable bonds is 4. The zero-order chi connectivity index (χ0) is 11.2. The molecule has 0 heterocycles. The zero-order valence-electron chi connectivity index (χ0n) is 9.72. The summed E-state index contributed by atoms with van der Waals surface area (Å²) in [7, 11) is 0. The van der Waals surface area contributed by atoms with Crippen LogP contribution in [0.2, 0.25) is 0 Å². The summed E-state index contributed by atoms with van der Waals surface area (Å²) >= 11 is 0. The molecule has 3 rings (SSSR count). The molecule has 2 aliphatic carbocycles. The molecule has 2 aliphatic rings. The monoisotopic (exact) mass is 219 g/mol. The van der Waals surface area contributed by atoms with E-state index in [2.05, 4.69) is 12.2 Å². The molecule has 1 aromatic carbocycles. The Hall–Kier alpha value is -0.890. The lowest BCUT2D eigenvalue weighted by atomic mass is 9.93. The summed E-state index contributed by atoms with van der Waals surface area (Å²) in [6.07, 6.45) is 5.05. The molecule has 0 bridgehead atoms. The van der Waals surface area contributed by atoms with Gasteiger partial charge in [-0.2, -0.15) is 0 Å². The van der Waals surface area contributed by atoms with E-state index in [-0.39, 0.29) is 5.82 Å². The first-order valence-corrected chi connectivity index (χ1v) is 6.20. The van der Waals surface area contributed by atoms with Crippen LogP contribution in [-0.2, 0) is 12.0 Å². The Labute approximate surface area is 96.1 Å². The van der Waals surface area contributed by atoms with Crippen LogP contribution in [0.1, 0.15) is 43.7 Å². The van der Waals surface area contributed by atoms with E-state index in [1.54, 1.807) is 12.1 Å². The van der Waals surface area contributed by atoms with E-state index < -0.39 is 0 Å². The maximum absolute atomic E-state index is 13.3. The molecule has 0 aromatic heterocycles. The molecule has 0 saturated heterocycles. The topological polar surface area (TPSA) is 12.0 Å². The minimum absolute atomic E-state index is 0.111. The van der Waals surface area contributed by atoms with Crippen LogP contribution in [0.3, 0.4) is 0 Å². The molecule has 1 nitrogen and oxygen atoms in total. The standard InChI is InChI=1S/C14H18FN/c1-14(6-7-14)13-5-2-11(15)8-10(13)9-16-12-3-4-12/h2,5,8,12,16H,3-4,6-7,9H2,1H3. The Balaban J connectivity index is 1.83. The minimum Gasteiger partial charge on any atom is -0.310 e. The predicted octanol–water partition coefficient (Wildman–Crippen LogP) is 3.13. The maximum Gasteiger partial charge on any atom is 0.123 e. The second-order valence-electron chi connectivity index (χ2n) is 5.52. The van der Waals surface area contributed by atoms with Crippen molar-refractivity contribution < 1.29 is 4.39 Å². The van der Waals surface area contributed by atoms with E-state index in [0.29, 0.717) is 11.5 Å². The summed E-state index contributed by atoms with van der Waals surface area (Å²) in [6, 6.07) is 5.96. The third-order valence-corrected chi connectivity index (χ3v) is 3.88. The number of nitrogens with one attached hydrogen (secondary N) is 1. The van der Waals surface area contributed by atoms with Crippen molar-refractivity contribution >= 4 is 0 Å². The minimum atomic E-state index is -0.111. The molecule has 16 heavy (non-hydrogen) atoms. The molecule has 0 spiro atoms. The van der Waals surface area contributed by atoms with Crippen LogP contribution < -0.4 is 5.32 Å². The molecule has 0 atom stereocenters. The second-order valence-corrected chi connectivity index (χ2v) is 5.52. The largest absolute Gasteiger partial charge is 0.310 e. The Bertz CT molecular complexity index is 405. The van der Waals surface area contributed by atoms with Gasteiger partial charge < -0.3 is 5.32 Å². The van der Waals surface area contributed by atoms with Gasteiger partial charge in [-0.15, -0.1) is 0 Å². The highest BCUT2D eigenvalue weighted by atomic mass is 19.1. The molecule has 0 unspecified atom stereocenters. The first kappa shape index (κ1) is 10.3. The quantitative estimate of drug-likeness (QED) is 0.820. The lowest BCUT2D eigenvalue weighted by Crippen LogP contribution is -2.18. The second kappa shape index (κ2) is 3.56. The van der Waals surface area contributed by atoms with E-state index in [0.717, 1.165) is 12.1 Å². The van der Waals surface area contributed by atoms with Gasteiger partial charge in [0.05, 0.1) is 0 Å². The number of hydrogen-bond acceptors (Lipinski definition) is 1. The van der Waals surface area contributed by atoms with Crippen molar-refractivity contribution in [2.75, 3.05) is 0 Å². The summed E-state index contributed by atoms with van der Waals surface area (Å²) in [5, 5.41) is 3.47. The molecule has 2 fully saturated rings. The lowest BCUT2D eigenvalue weighted by Gasteiger charge is -2.15. The molecule has 1 N–H and O–H groups in total. The molecule has 2 saturated carbocycles. The van der Waals surface area contributed by atoms with Gasteiger partial charge in [-0.05, 0) is 54.4 Å². The van der Waals surface area contributed by atoms with Crippen molar-refractivity contribution in [2.45, 2.75) is 50.6 Å². The normalized spacial score (nSPS) is 22.1. The van der Waals surface area contributed by atoms with Crippen LogP contribution in [0, 0.1) is 5.82 Å². The van der Waals surface area contributed by atoms with Crippen molar-refractivity contribution in [2.24, 2.45) is 0 Å². The average Bonchev–Trinajstić information content (AvgIpc) is 3.12. The van der Waals surface area contributed by atoms with Gasteiger partial charge >= 0.3 is 0 Å².